The van der Waals surface area contributed by atoms with Crippen molar-refractivity contribution in [3.8, 4) is 6.07 Å². The number of benzene rings is 2. The van der Waals surface area contributed by atoms with Crippen LogP contribution in [0.1, 0.15) is 101 Å². The van der Waals surface area contributed by atoms with E-state index in [9.17, 15) is 29.2 Å². The summed E-state index contributed by atoms with van der Waals surface area (Å²) in [4.78, 5) is 76.9. The fraction of sp³-hybridized carbons (Fsp3) is 0.500. The lowest BCUT2D eigenvalue weighted by atomic mass is 9.89. The number of carbonyl (C=O) groups is 5. The molecule has 1 saturated carbocycles. The first kappa shape index (κ1) is 36.8. The van der Waals surface area contributed by atoms with E-state index in [1.165, 1.54) is 0 Å². The summed E-state index contributed by atoms with van der Waals surface area (Å²) in [6, 6.07) is 12.0. The maximum atomic E-state index is 13.3. The molecule has 1 aliphatic carbocycles. The number of likely N-dealkylation sites (tertiary alicyclic amines) is 1. The van der Waals surface area contributed by atoms with E-state index in [1.54, 1.807) is 6.21 Å². The number of hydrogen-bond acceptors (Lipinski definition) is 10. The van der Waals surface area contributed by atoms with Gasteiger partial charge in [0.15, 0.2) is 0 Å². The van der Waals surface area contributed by atoms with Crippen LogP contribution in [-0.2, 0) is 27.5 Å². The normalized spacial score (nSPS) is 26.0. The van der Waals surface area contributed by atoms with Gasteiger partial charge in [0, 0.05) is 63.1 Å². The average molecular weight is 745 g/mol. The van der Waals surface area contributed by atoms with Crippen molar-refractivity contribution in [3.05, 3.63) is 75.4 Å². The number of piperidine rings is 2. The highest BCUT2D eigenvalue weighted by Crippen LogP contribution is 2.35. The Morgan fingerprint density at radius 2 is 1.65 bits per heavy atom. The smallest absolute Gasteiger partial charge is 0.262 e. The van der Waals surface area contributed by atoms with E-state index in [1.807, 2.05) is 37.3 Å². The lowest BCUT2D eigenvalue weighted by Crippen LogP contribution is -2.54. The molecule has 2 saturated heterocycles. The zero-order chi connectivity index (χ0) is 38.4. The molecule has 0 spiro atoms. The van der Waals surface area contributed by atoms with Gasteiger partial charge in [-0.15, -0.1) is 0 Å². The highest BCUT2D eigenvalue weighted by atomic mass is 16.2. The molecule has 286 valence electrons. The molecule has 2 unspecified atom stereocenters. The molecule has 13 nitrogen and oxygen atoms in total. The van der Waals surface area contributed by atoms with Gasteiger partial charge in [0.2, 0.25) is 11.8 Å². The molecule has 0 aromatic heterocycles. The Labute approximate surface area is 321 Å². The SMILES string of the molecule is Cc1cc(N(C)C2CCC(NC(=O)C3=CCC(CN4CCC(N5Cc6cc7c(cc6C5)C(=O)N(C5CCC(=O)NC5=O)C7=O)CC4)N=C3)CC2)ccc1C#N. The van der Waals surface area contributed by atoms with E-state index in [0.717, 1.165) is 91.9 Å². The van der Waals surface area contributed by atoms with Gasteiger partial charge >= 0.3 is 0 Å². The molecular formula is C42H48N8O5. The van der Waals surface area contributed by atoms with Crippen molar-refractivity contribution in [1.29, 1.82) is 5.26 Å². The molecule has 0 radical (unpaired) electrons. The molecule has 3 fully saturated rings. The molecule has 5 heterocycles. The molecule has 6 aliphatic rings. The molecule has 8 rings (SSSR count). The first-order chi connectivity index (χ1) is 26.6. The van der Waals surface area contributed by atoms with Crippen LogP contribution in [0.3, 0.4) is 0 Å². The van der Waals surface area contributed by atoms with Gasteiger partial charge in [-0.2, -0.15) is 5.26 Å². The van der Waals surface area contributed by atoms with Crippen LogP contribution in [0.2, 0.25) is 0 Å². The Kier molecular flexibility index (Phi) is 10.1. The number of nitrogens with zero attached hydrogens (tertiary/aromatic N) is 6. The summed E-state index contributed by atoms with van der Waals surface area (Å²) in [6.45, 7) is 6.17. The molecular weight excluding hydrogens is 697 g/mol. The monoisotopic (exact) mass is 744 g/mol. The third-order valence-electron chi connectivity index (χ3n) is 12.7. The van der Waals surface area contributed by atoms with E-state index in [0.29, 0.717) is 47.4 Å². The maximum absolute atomic E-state index is 13.3. The van der Waals surface area contributed by atoms with E-state index in [2.05, 4.69) is 44.5 Å². The largest absolute Gasteiger partial charge is 0.372 e. The summed E-state index contributed by atoms with van der Waals surface area (Å²) in [5.41, 5.74) is 6.24. The van der Waals surface area contributed by atoms with Crippen molar-refractivity contribution in [2.75, 3.05) is 31.6 Å². The van der Waals surface area contributed by atoms with Crippen molar-refractivity contribution in [2.24, 2.45) is 4.99 Å². The first-order valence-electron chi connectivity index (χ1n) is 19.7. The molecule has 2 aromatic rings. The molecule has 5 aliphatic heterocycles. The number of dihydropyridines is 1. The molecule has 2 N–H and O–H groups in total. The number of carbonyl (C=O) groups excluding carboxylic acids is 5. The van der Waals surface area contributed by atoms with Crippen LogP contribution >= 0.6 is 0 Å². The minimum absolute atomic E-state index is 0.0419. The predicted octanol–water partition coefficient (Wildman–Crippen LogP) is 3.38. The van der Waals surface area contributed by atoms with Gasteiger partial charge in [0.05, 0.1) is 34.4 Å². The highest BCUT2D eigenvalue weighted by Gasteiger charge is 2.45. The molecule has 5 amide bonds. The van der Waals surface area contributed by atoms with Crippen molar-refractivity contribution >= 4 is 41.4 Å². The van der Waals surface area contributed by atoms with Crippen molar-refractivity contribution in [1.82, 2.24) is 25.3 Å². The van der Waals surface area contributed by atoms with Gasteiger partial charge in [-0.25, -0.2) is 0 Å². The van der Waals surface area contributed by atoms with Crippen LogP contribution < -0.4 is 15.5 Å². The van der Waals surface area contributed by atoms with Crippen LogP contribution in [0.4, 0.5) is 5.69 Å². The summed E-state index contributed by atoms with van der Waals surface area (Å²) in [7, 11) is 2.11. The second kappa shape index (κ2) is 15.2. The van der Waals surface area contributed by atoms with Crippen molar-refractivity contribution in [3.63, 3.8) is 0 Å². The maximum Gasteiger partial charge on any atom is 0.262 e. The average Bonchev–Trinajstić information content (AvgIpc) is 3.71. The fourth-order valence-corrected chi connectivity index (χ4v) is 9.33. The minimum Gasteiger partial charge on any atom is -0.372 e. The Morgan fingerprint density at radius 3 is 2.25 bits per heavy atom. The second-order valence-electron chi connectivity index (χ2n) is 16.1. The van der Waals surface area contributed by atoms with Crippen LogP contribution in [0, 0.1) is 18.3 Å². The Hall–Kier alpha value is -5.19. The van der Waals surface area contributed by atoms with Crippen LogP contribution in [0.25, 0.3) is 0 Å². The number of imide groups is 2. The molecule has 55 heavy (non-hydrogen) atoms. The van der Waals surface area contributed by atoms with Crippen LogP contribution in [0.15, 0.2) is 47.0 Å². The lowest BCUT2D eigenvalue weighted by Gasteiger charge is -2.37. The van der Waals surface area contributed by atoms with Gasteiger partial charge in [-0.05, 0) is 118 Å². The quantitative estimate of drug-likeness (QED) is 0.387. The van der Waals surface area contributed by atoms with Gasteiger partial charge in [-0.3, -0.25) is 44.1 Å². The number of nitrogens with one attached hydrogen (secondary N) is 2. The fourth-order valence-electron chi connectivity index (χ4n) is 9.33. The molecule has 13 heteroatoms. The Morgan fingerprint density at radius 1 is 0.964 bits per heavy atom. The van der Waals surface area contributed by atoms with E-state index in [4.69, 9.17) is 4.99 Å². The van der Waals surface area contributed by atoms with Gasteiger partial charge < -0.3 is 15.1 Å². The van der Waals surface area contributed by atoms with Gasteiger partial charge in [0.25, 0.3) is 17.7 Å². The van der Waals surface area contributed by atoms with E-state index < -0.39 is 23.8 Å². The molecule has 2 atom stereocenters. The van der Waals surface area contributed by atoms with Crippen molar-refractivity contribution < 1.29 is 24.0 Å². The van der Waals surface area contributed by atoms with Gasteiger partial charge in [-0.1, -0.05) is 6.08 Å². The topological polar surface area (TPSA) is 159 Å². The summed E-state index contributed by atoms with van der Waals surface area (Å²) in [5, 5.41) is 14.8. The van der Waals surface area contributed by atoms with E-state index in [-0.39, 0.29) is 36.7 Å². The summed E-state index contributed by atoms with van der Waals surface area (Å²) in [5.74, 6) is -1.95. The van der Waals surface area contributed by atoms with Gasteiger partial charge in [0.1, 0.15) is 6.04 Å². The van der Waals surface area contributed by atoms with Crippen molar-refractivity contribution in [2.45, 2.75) is 108 Å². The standard InChI is InChI=1S/C42H48N8O5/c1-25-17-34(8-4-26(25)20-43)47(2)32-9-6-30(7-10-32)45-39(52)27-3-5-31(44-21-27)24-48-15-13-33(14-16-48)49-22-28-18-35-36(19-29(28)23-49)42(55)50(41(35)54)37-11-12-38(51)46-40(37)53/h3-4,8,17-19,21,30-33,37H,5-7,9-16,22-24H2,1-2H3,(H,45,52)(H,46,51,53). The number of hydrogen-bond donors (Lipinski definition) is 2. The highest BCUT2D eigenvalue weighted by molar-refractivity contribution is 6.23. The van der Waals surface area contributed by atoms with Crippen LogP contribution in [-0.4, -0.2) is 107 Å². The second-order valence-corrected chi connectivity index (χ2v) is 16.1. The number of rotatable bonds is 8. The summed E-state index contributed by atoms with van der Waals surface area (Å²) < 4.78 is 0. The number of anilines is 1. The zero-order valence-corrected chi connectivity index (χ0v) is 31.6. The number of nitriles is 1. The number of fused-ring (bicyclic) bond motifs is 2. The number of aryl methyl sites for hydroxylation is 1. The Bertz CT molecular complexity index is 1990. The third kappa shape index (κ3) is 7.33. The summed E-state index contributed by atoms with van der Waals surface area (Å²) in [6.07, 6.45) is 10.6. The molecule has 0 bridgehead atoms. The minimum atomic E-state index is -0.958. The Balaban J connectivity index is 0.764. The predicted molar refractivity (Wildman–Crippen MR) is 205 cm³/mol. The summed E-state index contributed by atoms with van der Waals surface area (Å²) >= 11 is 0. The molecule has 2 aromatic carbocycles. The van der Waals surface area contributed by atoms with E-state index >= 15 is 0 Å². The first-order valence-corrected chi connectivity index (χ1v) is 19.7. The number of amides is 5. The lowest BCUT2D eigenvalue weighted by molar-refractivity contribution is -0.136. The van der Waals surface area contributed by atoms with Crippen LogP contribution in [0.5, 0.6) is 0 Å². The zero-order valence-electron chi connectivity index (χ0n) is 31.6. The third-order valence-corrected chi connectivity index (χ3v) is 12.7. The number of aliphatic imine (C=N–C) groups is 1.